The predicted octanol–water partition coefficient (Wildman–Crippen LogP) is 1.80. The molecule has 1 aromatic heterocycles. The molecule has 1 amide bonds. The molecule has 0 saturated carbocycles. The molecule has 0 bridgehead atoms. The zero-order chi connectivity index (χ0) is 17.5. The van der Waals surface area contributed by atoms with Gasteiger partial charge in [-0.25, -0.2) is 9.18 Å². The Bertz CT molecular complexity index is 815. The minimum absolute atomic E-state index is 0.0233. The number of anilines is 1. The molecule has 9 nitrogen and oxygen atoms in total. The van der Waals surface area contributed by atoms with Gasteiger partial charge in [0.05, 0.1) is 17.9 Å². The summed E-state index contributed by atoms with van der Waals surface area (Å²) in [7, 11) is 0. The van der Waals surface area contributed by atoms with Crippen LogP contribution in [0.1, 0.15) is 5.69 Å². The Morgan fingerprint density at radius 1 is 1.38 bits per heavy atom. The van der Waals surface area contributed by atoms with E-state index in [0.29, 0.717) is 11.8 Å². The van der Waals surface area contributed by atoms with E-state index in [4.69, 9.17) is 10.8 Å². The van der Waals surface area contributed by atoms with Gasteiger partial charge < -0.3 is 16.2 Å². The summed E-state index contributed by atoms with van der Waals surface area (Å²) in [6, 6.07) is 5.51. The largest absolute Gasteiger partial charge is 0.478 e. The van der Waals surface area contributed by atoms with E-state index in [9.17, 15) is 14.0 Å². The molecule has 10 heteroatoms. The Kier molecular flexibility index (Phi) is 5.34. The van der Waals surface area contributed by atoms with Gasteiger partial charge in [-0.15, -0.1) is 5.11 Å². The van der Waals surface area contributed by atoms with Gasteiger partial charge in [-0.2, -0.15) is 10.2 Å². The van der Waals surface area contributed by atoms with Crippen LogP contribution in [0.5, 0.6) is 0 Å². The van der Waals surface area contributed by atoms with E-state index < -0.39 is 17.7 Å². The fraction of sp³-hybridized carbons (Fsp3) is 0.0714. The van der Waals surface area contributed by atoms with Gasteiger partial charge in [0, 0.05) is 18.2 Å². The van der Waals surface area contributed by atoms with Gasteiger partial charge in [0.15, 0.2) is 11.5 Å². The van der Waals surface area contributed by atoms with E-state index in [1.54, 1.807) is 6.07 Å². The standard InChI is InChI=1S/C14H13FN6O3/c15-8-2-1-3-9(6-8)18-20-13-10(19-21-14(13)16)7-17-11(22)4-5-12(23)24/h1-6H,7H2,(H,17,22)(H,23,24)(H3,16,19,21). The fourth-order valence-corrected chi connectivity index (χ4v) is 1.65. The highest BCUT2D eigenvalue weighted by molar-refractivity contribution is 5.93. The highest BCUT2D eigenvalue weighted by atomic mass is 19.1. The van der Waals surface area contributed by atoms with Crippen LogP contribution in [-0.4, -0.2) is 27.2 Å². The van der Waals surface area contributed by atoms with Crippen LogP contribution >= 0.6 is 0 Å². The maximum Gasteiger partial charge on any atom is 0.328 e. The number of H-pyrrole nitrogens is 1. The van der Waals surface area contributed by atoms with Crippen molar-refractivity contribution >= 4 is 29.1 Å². The SMILES string of the molecule is Nc1n[nH]c(CNC(=O)C=CC(=O)O)c1N=Nc1cccc(F)c1. The molecule has 24 heavy (non-hydrogen) atoms. The molecule has 1 heterocycles. The van der Waals surface area contributed by atoms with Crippen LogP contribution in [0.3, 0.4) is 0 Å². The molecule has 2 aromatic rings. The zero-order valence-electron chi connectivity index (χ0n) is 12.2. The molecule has 124 valence electrons. The molecular formula is C14H13FN6O3. The number of aliphatic carboxylic acids is 1. The maximum atomic E-state index is 13.1. The first-order valence-electron chi connectivity index (χ1n) is 6.64. The first-order valence-corrected chi connectivity index (χ1v) is 6.64. The van der Waals surface area contributed by atoms with Gasteiger partial charge >= 0.3 is 5.97 Å². The first-order chi connectivity index (χ1) is 11.5. The van der Waals surface area contributed by atoms with Gasteiger partial charge in [-0.3, -0.25) is 9.89 Å². The molecule has 1 aromatic carbocycles. The van der Waals surface area contributed by atoms with E-state index in [0.717, 1.165) is 6.08 Å². The van der Waals surface area contributed by atoms with Crippen LogP contribution in [0.15, 0.2) is 46.6 Å². The molecule has 0 radical (unpaired) electrons. The van der Waals surface area contributed by atoms with Crippen LogP contribution in [0.4, 0.5) is 21.6 Å². The number of amides is 1. The Morgan fingerprint density at radius 2 is 2.17 bits per heavy atom. The number of benzene rings is 1. The van der Waals surface area contributed by atoms with Crippen molar-refractivity contribution in [2.45, 2.75) is 6.54 Å². The highest BCUT2D eigenvalue weighted by Gasteiger charge is 2.11. The summed E-state index contributed by atoms with van der Waals surface area (Å²) >= 11 is 0. The van der Waals surface area contributed by atoms with Crippen molar-refractivity contribution in [2.75, 3.05) is 5.73 Å². The molecule has 0 atom stereocenters. The number of nitrogens with one attached hydrogen (secondary N) is 2. The lowest BCUT2D eigenvalue weighted by Gasteiger charge is -2.00. The van der Waals surface area contributed by atoms with E-state index in [1.165, 1.54) is 18.2 Å². The summed E-state index contributed by atoms with van der Waals surface area (Å²) in [4.78, 5) is 21.8. The Morgan fingerprint density at radius 3 is 2.88 bits per heavy atom. The second-order valence-corrected chi connectivity index (χ2v) is 4.51. The molecule has 0 saturated heterocycles. The van der Waals surface area contributed by atoms with Crippen LogP contribution in [0, 0.1) is 5.82 Å². The fourth-order valence-electron chi connectivity index (χ4n) is 1.65. The number of hydrogen-bond acceptors (Lipinski definition) is 6. The van der Waals surface area contributed by atoms with Crippen LogP contribution in [0.2, 0.25) is 0 Å². The van der Waals surface area contributed by atoms with E-state index in [2.05, 4.69) is 25.7 Å². The lowest BCUT2D eigenvalue weighted by molar-refractivity contribution is -0.131. The Labute approximate surface area is 135 Å². The molecule has 0 aliphatic carbocycles. The van der Waals surface area contributed by atoms with Crippen molar-refractivity contribution < 1.29 is 19.1 Å². The summed E-state index contributed by atoms with van der Waals surface area (Å²) in [5.74, 6) is -2.25. The normalized spacial score (nSPS) is 11.2. The number of nitrogens with zero attached hydrogens (tertiary/aromatic N) is 3. The second kappa shape index (κ2) is 7.63. The number of rotatable bonds is 6. The molecule has 0 aliphatic heterocycles. The molecule has 5 N–H and O–H groups in total. The lowest BCUT2D eigenvalue weighted by Crippen LogP contribution is -2.20. The van der Waals surface area contributed by atoms with Gasteiger partial charge in [0.25, 0.3) is 0 Å². The number of aromatic amines is 1. The smallest absolute Gasteiger partial charge is 0.328 e. The number of aromatic nitrogens is 2. The van der Waals surface area contributed by atoms with Crippen molar-refractivity contribution in [3.63, 3.8) is 0 Å². The van der Waals surface area contributed by atoms with Crippen molar-refractivity contribution in [1.29, 1.82) is 0 Å². The lowest BCUT2D eigenvalue weighted by atomic mass is 10.3. The van der Waals surface area contributed by atoms with E-state index in [-0.39, 0.29) is 23.7 Å². The number of carbonyl (C=O) groups excluding carboxylic acids is 1. The van der Waals surface area contributed by atoms with Gasteiger partial charge in [-0.05, 0) is 12.1 Å². The van der Waals surface area contributed by atoms with Crippen LogP contribution < -0.4 is 11.1 Å². The Balaban J connectivity index is 2.08. The van der Waals surface area contributed by atoms with Crippen molar-refractivity contribution in [2.24, 2.45) is 10.2 Å². The summed E-state index contributed by atoms with van der Waals surface area (Å²) in [5.41, 5.74) is 6.51. The van der Waals surface area contributed by atoms with Crippen molar-refractivity contribution in [3.8, 4) is 0 Å². The average Bonchev–Trinajstić information content (AvgIpc) is 2.89. The van der Waals surface area contributed by atoms with Crippen molar-refractivity contribution in [1.82, 2.24) is 15.5 Å². The number of carboxylic acids is 1. The molecular weight excluding hydrogens is 319 g/mol. The van der Waals surface area contributed by atoms with Crippen LogP contribution in [0.25, 0.3) is 0 Å². The quantitative estimate of drug-likeness (QED) is 0.470. The van der Waals surface area contributed by atoms with E-state index >= 15 is 0 Å². The number of azo groups is 1. The van der Waals surface area contributed by atoms with E-state index in [1.807, 2.05) is 0 Å². The first kappa shape index (κ1) is 16.8. The summed E-state index contributed by atoms with van der Waals surface area (Å²) in [6.07, 6.45) is 1.58. The summed E-state index contributed by atoms with van der Waals surface area (Å²) in [6.45, 7) is -0.0233. The average molecular weight is 332 g/mol. The van der Waals surface area contributed by atoms with Crippen LogP contribution in [-0.2, 0) is 16.1 Å². The number of nitrogens with two attached hydrogens (primary N) is 1. The topological polar surface area (TPSA) is 146 Å². The third-order valence-corrected chi connectivity index (χ3v) is 2.73. The molecule has 0 fully saturated rings. The monoisotopic (exact) mass is 332 g/mol. The number of hydrogen-bond donors (Lipinski definition) is 4. The third kappa shape index (κ3) is 4.73. The van der Waals surface area contributed by atoms with Gasteiger partial charge in [0.1, 0.15) is 5.82 Å². The minimum atomic E-state index is -1.24. The minimum Gasteiger partial charge on any atom is -0.478 e. The Hall–Kier alpha value is -3.56. The number of carbonyl (C=O) groups is 2. The maximum absolute atomic E-state index is 13.1. The number of halogens is 1. The highest BCUT2D eigenvalue weighted by Crippen LogP contribution is 2.26. The third-order valence-electron chi connectivity index (χ3n) is 2.73. The molecule has 0 spiro atoms. The number of carboxylic acid groups (broad SMARTS) is 1. The van der Waals surface area contributed by atoms with Crippen molar-refractivity contribution in [3.05, 3.63) is 47.9 Å². The molecule has 0 aliphatic rings. The molecule has 0 unspecified atom stereocenters. The number of nitrogen functional groups attached to an aromatic ring is 1. The summed E-state index contributed by atoms with van der Waals surface area (Å²) in [5, 5.41) is 25.0. The van der Waals surface area contributed by atoms with Gasteiger partial charge in [-0.1, -0.05) is 6.07 Å². The zero-order valence-corrected chi connectivity index (χ0v) is 12.2. The predicted molar refractivity (Wildman–Crippen MR) is 82.2 cm³/mol. The second-order valence-electron chi connectivity index (χ2n) is 4.51. The van der Waals surface area contributed by atoms with Gasteiger partial charge in [0.2, 0.25) is 5.91 Å². The molecule has 2 rings (SSSR count). The summed E-state index contributed by atoms with van der Waals surface area (Å²) < 4.78 is 13.1.